The van der Waals surface area contributed by atoms with Crippen LogP contribution in [0.4, 0.5) is 0 Å². The first-order chi connectivity index (χ1) is 14.7. The number of furan rings is 1. The minimum atomic E-state index is -0.129. The predicted molar refractivity (Wildman–Crippen MR) is 116 cm³/mol. The van der Waals surface area contributed by atoms with Gasteiger partial charge in [0.05, 0.1) is 18.1 Å². The van der Waals surface area contributed by atoms with Crippen LogP contribution in [0.25, 0.3) is 11.6 Å². The molecule has 3 N–H and O–H groups in total. The van der Waals surface area contributed by atoms with Gasteiger partial charge in [0.2, 0.25) is 16.9 Å². The number of nitrogens with one attached hydrogen (secondary N) is 1. The Kier molecular flexibility index (Phi) is 6.14. The summed E-state index contributed by atoms with van der Waals surface area (Å²) in [6, 6.07) is 23.4. The van der Waals surface area contributed by atoms with E-state index in [0.29, 0.717) is 23.2 Å². The van der Waals surface area contributed by atoms with Gasteiger partial charge in [-0.05, 0) is 29.7 Å². The molecule has 0 aliphatic carbocycles. The van der Waals surface area contributed by atoms with E-state index < -0.39 is 0 Å². The third-order valence-corrected chi connectivity index (χ3v) is 5.50. The second-order valence-corrected chi connectivity index (χ2v) is 7.61. The number of hydrogen-bond donors (Lipinski definition) is 2. The van der Waals surface area contributed by atoms with E-state index in [-0.39, 0.29) is 17.7 Å². The number of benzene rings is 2. The van der Waals surface area contributed by atoms with Gasteiger partial charge in [-0.2, -0.15) is 0 Å². The van der Waals surface area contributed by atoms with Gasteiger partial charge in [-0.25, -0.2) is 4.68 Å². The molecule has 0 fully saturated rings. The van der Waals surface area contributed by atoms with Crippen LogP contribution in [-0.2, 0) is 11.2 Å². The van der Waals surface area contributed by atoms with Crippen LogP contribution in [-0.4, -0.2) is 26.5 Å². The normalized spacial score (nSPS) is 11.9. The quantitative estimate of drug-likeness (QED) is 0.335. The Hall–Kier alpha value is -3.52. The van der Waals surface area contributed by atoms with Gasteiger partial charge in [-0.1, -0.05) is 72.4 Å². The van der Waals surface area contributed by atoms with Crippen molar-refractivity contribution in [3.63, 3.8) is 0 Å². The lowest BCUT2D eigenvalue weighted by Gasteiger charge is -2.19. The van der Waals surface area contributed by atoms with E-state index >= 15 is 0 Å². The number of nitrogen functional groups attached to an aromatic ring is 1. The van der Waals surface area contributed by atoms with Gasteiger partial charge < -0.3 is 15.6 Å². The van der Waals surface area contributed by atoms with E-state index in [4.69, 9.17) is 10.3 Å². The van der Waals surface area contributed by atoms with Crippen molar-refractivity contribution in [3.05, 3.63) is 90.2 Å². The maximum absolute atomic E-state index is 12.7. The molecule has 0 saturated carbocycles. The first kappa shape index (κ1) is 19.8. The Balaban J connectivity index is 1.42. The van der Waals surface area contributed by atoms with E-state index in [1.54, 1.807) is 18.4 Å². The van der Waals surface area contributed by atoms with E-state index in [9.17, 15) is 4.79 Å². The molecule has 4 rings (SSSR count). The second kappa shape index (κ2) is 9.32. The molecule has 0 aliphatic rings. The molecule has 0 aliphatic heterocycles. The molecule has 0 unspecified atom stereocenters. The highest BCUT2D eigenvalue weighted by Gasteiger charge is 2.18. The fraction of sp³-hybridized carbons (Fsp3) is 0.136. The Bertz CT molecular complexity index is 1080. The highest BCUT2D eigenvalue weighted by molar-refractivity contribution is 7.99. The standard InChI is InChI=1S/C22H21N5O2S/c23-27-21(19-12-7-13-29-19)25-26-22(27)30-15-20(28)24-18(17-10-5-2-6-11-17)14-16-8-3-1-4-9-16/h1-13,18H,14-15,23H2,(H,24,28)/t18-/m1/s1. The van der Waals surface area contributed by atoms with Crippen molar-refractivity contribution < 1.29 is 9.21 Å². The fourth-order valence-corrected chi connectivity index (χ4v) is 3.77. The number of carbonyl (C=O) groups excluding carboxylic acids is 1. The van der Waals surface area contributed by atoms with Gasteiger partial charge in [0.15, 0.2) is 5.76 Å². The lowest BCUT2D eigenvalue weighted by molar-refractivity contribution is -0.119. The highest BCUT2D eigenvalue weighted by atomic mass is 32.2. The Labute approximate surface area is 178 Å². The summed E-state index contributed by atoms with van der Waals surface area (Å²) in [4.78, 5) is 12.7. The molecule has 0 spiro atoms. The average Bonchev–Trinajstić information content (AvgIpc) is 3.43. The number of rotatable bonds is 8. The molecule has 4 aromatic rings. The van der Waals surface area contributed by atoms with E-state index in [2.05, 4.69) is 27.6 Å². The van der Waals surface area contributed by atoms with E-state index in [1.807, 2.05) is 48.5 Å². The van der Waals surface area contributed by atoms with Crippen molar-refractivity contribution in [2.75, 3.05) is 11.6 Å². The Morgan fingerprint density at radius 2 is 1.77 bits per heavy atom. The summed E-state index contributed by atoms with van der Waals surface area (Å²) in [6.07, 6.45) is 2.25. The number of hydrogen-bond acceptors (Lipinski definition) is 6. The SMILES string of the molecule is Nn1c(SCC(=O)N[C@H](Cc2ccccc2)c2ccccc2)nnc1-c1ccco1. The lowest BCUT2D eigenvalue weighted by Crippen LogP contribution is -2.31. The highest BCUT2D eigenvalue weighted by Crippen LogP contribution is 2.23. The molecule has 0 saturated heterocycles. The summed E-state index contributed by atoms with van der Waals surface area (Å²) in [5, 5.41) is 11.7. The summed E-state index contributed by atoms with van der Waals surface area (Å²) >= 11 is 1.23. The van der Waals surface area contributed by atoms with Crippen LogP contribution >= 0.6 is 11.8 Å². The van der Waals surface area contributed by atoms with Crippen LogP contribution < -0.4 is 11.2 Å². The first-order valence-electron chi connectivity index (χ1n) is 9.46. The molecule has 0 radical (unpaired) electrons. The van der Waals surface area contributed by atoms with Gasteiger partial charge in [0, 0.05) is 0 Å². The zero-order chi connectivity index (χ0) is 20.8. The number of amides is 1. The largest absolute Gasteiger partial charge is 0.461 e. The number of carbonyl (C=O) groups is 1. The molecule has 2 heterocycles. The van der Waals surface area contributed by atoms with Crippen molar-refractivity contribution in [1.82, 2.24) is 20.2 Å². The van der Waals surface area contributed by atoms with E-state index in [1.165, 1.54) is 16.4 Å². The topological polar surface area (TPSA) is 99.0 Å². The third-order valence-electron chi connectivity index (χ3n) is 4.56. The molecule has 30 heavy (non-hydrogen) atoms. The van der Waals surface area contributed by atoms with Crippen molar-refractivity contribution in [3.8, 4) is 11.6 Å². The summed E-state index contributed by atoms with van der Waals surface area (Å²) < 4.78 is 6.63. The van der Waals surface area contributed by atoms with Gasteiger partial charge >= 0.3 is 0 Å². The zero-order valence-corrected chi connectivity index (χ0v) is 17.0. The maximum Gasteiger partial charge on any atom is 0.230 e. The molecule has 2 aromatic heterocycles. The number of thioether (sulfide) groups is 1. The van der Waals surface area contributed by atoms with Gasteiger partial charge in [-0.3, -0.25) is 4.79 Å². The summed E-state index contributed by atoms with van der Waals surface area (Å²) in [6.45, 7) is 0. The molecule has 1 amide bonds. The number of aromatic nitrogens is 3. The van der Waals surface area contributed by atoms with Gasteiger partial charge in [0.25, 0.3) is 0 Å². The predicted octanol–water partition coefficient (Wildman–Crippen LogP) is 3.44. The van der Waals surface area contributed by atoms with Crippen LogP contribution in [0.1, 0.15) is 17.2 Å². The molecule has 2 aromatic carbocycles. The van der Waals surface area contributed by atoms with Crippen molar-refractivity contribution in [2.45, 2.75) is 17.6 Å². The smallest absolute Gasteiger partial charge is 0.230 e. The monoisotopic (exact) mass is 419 g/mol. The Morgan fingerprint density at radius 3 is 2.47 bits per heavy atom. The Morgan fingerprint density at radius 1 is 1.03 bits per heavy atom. The minimum absolute atomic E-state index is 0.104. The summed E-state index contributed by atoms with van der Waals surface area (Å²) in [7, 11) is 0. The zero-order valence-electron chi connectivity index (χ0n) is 16.1. The lowest BCUT2D eigenvalue weighted by atomic mass is 9.99. The average molecular weight is 420 g/mol. The van der Waals surface area contributed by atoms with Crippen molar-refractivity contribution in [1.29, 1.82) is 0 Å². The van der Waals surface area contributed by atoms with Crippen LogP contribution in [0.3, 0.4) is 0 Å². The summed E-state index contributed by atoms with van der Waals surface area (Å²) in [5.41, 5.74) is 2.21. The van der Waals surface area contributed by atoms with Crippen LogP contribution in [0, 0.1) is 0 Å². The first-order valence-corrected chi connectivity index (χ1v) is 10.4. The van der Waals surface area contributed by atoms with Crippen molar-refractivity contribution in [2.24, 2.45) is 0 Å². The van der Waals surface area contributed by atoms with Crippen LogP contribution in [0.15, 0.2) is 88.6 Å². The number of nitrogens with zero attached hydrogens (tertiary/aromatic N) is 3. The molecule has 0 bridgehead atoms. The summed E-state index contributed by atoms with van der Waals surface area (Å²) in [5.74, 6) is 7.06. The molecule has 1 atom stereocenters. The molecule has 8 heteroatoms. The number of nitrogens with two attached hydrogens (primary N) is 1. The van der Waals surface area contributed by atoms with Crippen LogP contribution in [0.2, 0.25) is 0 Å². The van der Waals surface area contributed by atoms with E-state index in [0.717, 1.165) is 11.1 Å². The van der Waals surface area contributed by atoms with Crippen LogP contribution in [0.5, 0.6) is 0 Å². The minimum Gasteiger partial charge on any atom is -0.461 e. The third kappa shape index (κ3) is 4.72. The van der Waals surface area contributed by atoms with Gasteiger partial charge in [0.1, 0.15) is 0 Å². The van der Waals surface area contributed by atoms with Crippen molar-refractivity contribution >= 4 is 17.7 Å². The fourth-order valence-electron chi connectivity index (χ4n) is 3.10. The maximum atomic E-state index is 12.7. The second-order valence-electron chi connectivity index (χ2n) is 6.66. The molecule has 7 nitrogen and oxygen atoms in total. The molecular formula is C22H21N5O2S. The van der Waals surface area contributed by atoms with Gasteiger partial charge in [-0.15, -0.1) is 10.2 Å². The molecule has 152 valence electrons. The molecular weight excluding hydrogens is 398 g/mol.